The lowest BCUT2D eigenvalue weighted by Crippen LogP contribution is -2.36. The highest BCUT2D eigenvalue weighted by Gasteiger charge is 2.27. The Morgan fingerprint density at radius 1 is 1.10 bits per heavy atom. The van der Waals surface area contributed by atoms with Gasteiger partial charge in [-0.05, 0) is 30.7 Å². The molecule has 1 aromatic carbocycles. The van der Waals surface area contributed by atoms with Gasteiger partial charge < -0.3 is 4.90 Å². The van der Waals surface area contributed by atoms with E-state index in [2.05, 4.69) is 0 Å². The predicted molar refractivity (Wildman–Crippen MR) is 72.0 cm³/mol. The Labute approximate surface area is 118 Å². The summed E-state index contributed by atoms with van der Waals surface area (Å²) >= 11 is 0. The molecule has 1 aliphatic heterocycles. The molecule has 110 valence electrons. The Kier molecular flexibility index (Phi) is 4.39. The summed E-state index contributed by atoms with van der Waals surface area (Å²) in [4.78, 5) is 13.0. The summed E-state index contributed by atoms with van der Waals surface area (Å²) in [5, 5.41) is 0. The van der Waals surface area contributed by atoms with Gasteiger partial charge in [0.2, 0.25) is 15.9 Å². The molecule has 1 aliphatic rings. The minimum absolute atomic E-state index is 0.0500. The number of sulfonamides is 1. The standard InChI is InChI=1S/C13H17FN2O3S/c1-11(17)15-7-2-8-16(10-9-15)20(18,19)13-5-3-12(14)4-6-13/h3-6H,2,7-10H2,1H3. The first-order valence-corrected chi connectivity index (χ1v) is 7.86. The van der Waals surface area contributed by atoms with E-state index in [0.29, 0.717) is 26.1 Å². The molecule has 0 atom stereocenters. The minimum atomic E-state index is -3.62. The van der Waals surface area contributed by atoms with Crippen molar-refractivity contribution < 1.29 is 17.6 Å². The SMILES string of the molecule is CC(=O)N1CCCN(S(=O)(=O)c2ccc(F)cc2)CC1. The third kappa shape index (κ3) is 3.16. The van der Waals surface area contributed by atoms with E-state index in [1.807, 2.05) is 0 Å². The van der Waals surface area contributed by atoms with Crippen LogP contribution in [0.1, 0.15) is 13.3 Å². The fraction of sp³-hybridized carbons (Fsp3) is 0.462. The van der Waals surface area contributed by atoms with E-state index in [4.69, 9.17) is 0 Å². The van der Waals surface area contributed by atoms with Crippen LogP contribution in [0.4, 0.5) is 4.39 Å². The van der Waals surface area contributed by atoms with Crippen molar-refractivity contribution in [3.8, 4) is 0 Å². The molecule has 1 saturated heterocycles. The fourth-order valence-corrected chi connectivity index (χ4v) is 3.67. The number of benzene rings is 1. The Morgan fingerprint density at radius 2 is 1.75 bits per heavy atom. The van der Waals surface area contributed by atoms with E-state index in [1.54, 1.807) is 4.90 Å². The Bertz CT molecular complexity index is 586. The smallest absolute Gasteiger partial charge is 0.243 e. The monoisotopic (exact) mass is 300 g/mol. The second kappa shape index (κ2) is 5.88. The molecule has 2 rings (SSSR count). The van der Waals surface area contributed by atoms with E-state index in [1.165, 1.54) is 23.4 Å². The topological polar surface area (TPSA) is 57.7 Å². The average Bonchev–Trinajstić information content (AvgIpc) is 2.65. The molecule has 7 heteroatoms. The summed E-state index contributed by atoms with van der Waals surface area (Å²) in [6.07, 6.45) is 0.597. The normalized spacial score (nSPS) is 17.8. The molecule has 0 bridgehead atoms. The van der Waals surface area contributed by atoms with Gasteiger partial charge in [-0.1, -0.05) is 0 Å². The van der Waals surface area contributed by atoms with Crippen molar-refractivity contribution in [2.75, 3.05) is 26.2 Å². The van der Waals surface area contributed by atoms with E-state index in [0.717, 1.165) is 12.1 Å². The lowest BCUT2D eigenvalue weighted by molar-refractivity contribution is -0.128. The Morgan fingerprint density at radius 3 is 2.35 bits per heavy atom. The third-order valence-corrected chi connectivity index (χ3v) is 5.26. The van der Waals surface area contributed by atoms with Crippen LogP contribution in [-0.2, 0) is 14.8 Å². The molecule has 0 unspecified atom stereocenters. The summed E-state index contributed by atoms with van der Waals surface area (Å²) in [5.41, 5.74) is 0. The summed E-state index contributed by atoms with van der Waals surface area (Å²) in [5.74, 6) is -0.520. The summed E-state index contributed by atoms with van der Waals surface area (Å²) < 4.78 is 39.1. The van der Waals surface area contributed by atoms with Gasteiger partial charge in [0.05, 0.1) is 4.90 Å². The van der Waals surface area contributed by atoms with E-state index >= 15 is 0 Å². The molecule has 1 heterocycles. The van der Waals surface area contributed by atoms with Crippen molar-refractivity contribution in [2.45, 2.75) is 18.2 Å². The molecule has 0 spiro atoms. The van der Waals surface area contributed by atoms with Crippen LogP contribution in [0.25, 0.3) is 0 Å². The van der Waals surface area contributed by atoms with Gasteiger partial charge in [0.15, 0.2) is 0 Å². The molecule has 0 saturated carbocycles. The first-order chi connectivity index (χ1) is 9.41. The van der Waals surface area contributed by atoms with Crippen LogP contribution in [0, 0.1) is 5.82 Å². The maximum absolute atomic E-state index is 12.9. The summed E-state index contributed by atoms with van der Waals surface area (Å²) in [6.45, 7) is 3.05. The molecule has 1 fully saturated rings. The Balaban J connectivity index is 2.18. The number of carbonyl (C=O) groups excluding carboxylic acids is 1. The number of hydrogen-bond donors (Lipinski definition) is 0. The van der Waals surface area contributed by atoms with Gasteiger partial charge in [0, 0.05) is 33.1 Å². The molecular weight excluding hydrogens is 283 g/mol. The quantitative estimate of drug-likeness (QED) is 0.821. The van der Waals surface area contributed by atoms with Gasteiger partial charge in [-0.25, -0.2) is 12.8 Å². The van der Waals surface area contributed by atoms with Crippen molar-refractivity contribution in [1.29, 1.82) is 0 Å². The van der Waals surface area contributed by atoms with Crippen LogP contribution in [0.5, 0.6) is 0 Å². The lowest BCUT2D eigenvalue weighted by Gasteiger charge is -2.21. The molecule has 1 aromatic rings. The van der Waals surface area contributed by atoms with Crippen molar-refractivity contribution >= 4 is 15.9 Å². The van der Waals surface area contributed by atoms with Crippen molar-refractivity contribution in [3.63, 3.8) is 0 Å². The number of nitrogens with zero attached hydrogens (tertiary/aromatic N) is 2. The summed E-state index contributed by atoms with van der Waals surface area (Å²) in [7, 11) is -3.62. The zero-order valence-electron chi connectivity index (χ0n) is 11.3. The number of amides is 1. The average molecular weight is 300 g/mol. The van der Waals surface area contributed by atoms with Crippen molar-refractivity contribution in [3.05, 3.63) is 30.1 Å². The number of rotatable bonds is 2. The Hall–Kier alpha value is -1.47. The zero-order valence-corrected chi connectivity index (χ0v) is 12.1. The first-order valence-electron chi connectivity index (χ1n) is 6.42. The zero-order chi connectivity index (χ0) is 14.8. The van der Waals surface area contributed by atoms with Crippen molar-refractivity contribution in [1.82, 2.24) is 9.21 Å². The van der Waals surface area contributed by atoms with Crippen LogP contribution in [0.15, 0.2) is 29.2 Å². The van der Waals surface area contributed by atoms with Gasteiger partial charge >= 0.3 is 0 Å². The first kappa shape index (κ1) is 14.9. The maximum Gasteiger partial charge on any atom is 0.243 e. The van der Waals surface area contributed by atoms with E-state index < -0.39 is 15.8 Å². The van der Waals surface area contributed by atoms with Crippen LogP contribution >= 0.6 is 0 Å². The van der Waals surface area contributed by atoms with E-state index in [-0.39, 0.29) is 17.3 Å². The highest BCUT2D eigenvalue weighted by atomic mass is 32.2. The van der Waals surface area contributed by atoms with Gasteiger partial charge in [-0.3, -0.25) is 4.79 Å². The highest BCUT2D eigenvalue weighted by molar-refractivity contribution is 7.89. The van der Waals surface area contributed by atoms with Gasteiger partial charge in [0.25, 0.3) is 0 Å². The number of halogens is 1. The van der Waals surface area contributed by atoms with E-state index in [9.17, 15) is 17.6 Å². The summed E-state index contributed by atoms with van der Waals surface area (Å²) in [6, 6.07) is 4.79. The van der Waals surface area contributed by atoms with Gasteiger partial charge in [-0.2, -0.15) is 4.31 Å². The fourth-order valence-electron chi connectivity index (χ4n) is 2.20. The number of hydrogen-bond acceptors (Lipinski definition) is 3. The molecule has 0 aromatic heterocycles. The molecule has 0 N–H and O–H groups in total. The molecule has 5 nitrogen and oxygen atoms in total. The van der Waals surface area contributed by atoms with Crippen LogP contribution in [0.3, 0.4) is 0 Å². The second-order valence-electron chi connectivity index (χ2n) is 4.72. The number of carbonyl (C=O) groups is 1. The van der Waals surface area contributed by atoms with Crippen molar-refractivity contribution in [2.24, 2.45) is 0 Å². The molecule has 1 amide bonds. The highest BCUT2D eigenvalue weighted by Crippen LogP contribution is 2.18. The minimum Gasteiger partial charge on any atom is -0.342 e. The molecule has 20 heavy (non-hydrogen) atoms. The predicted octanol–water partition coefficient (Wildman–Crippen LogP) is 1.07. The van der Waals surface area contributed by atoms with Gasteiger partial charge in [0.1, 0.15) is 5.82 Å². The molecular formula is C13H17FN2O3S. The van der Waals surface area contributed by atoms with Crippen LogP contribution in [-0.4, -0.2) is 49.7 Å². The van der Waals surface area contributed by atoms with Crippen LogP contribution in [0.2, 0.25) is 0 Å². The molecule has 0 aliphatic carbocycles. The van der Waals surface area contributed by atoms with Crippen LogP contribution < -0.4 is 0 Å². The van der Waals surface area contributed by atoms with Gasteiger partial charge in [-0.15, -0.1) is 0 Å². The third-order valence-electron chi connectivity index (χ3n) is 3.35. The molecule has 0 radical (unpaired) electrons. The largest absolute Gasteiger partial charge is 0.342 e. The maximum atomic E-state index is 12.9. The lowest BCUT2D eigenvalue weighted by atomic mass is 10.4. The second-order valence-corrected chi connectivity index (χ2v) is 6.66.